The maximum atomic E-state index is 9.53. The van der Waals surface area contributed by atoms with Crippen molar-refractivity contribution in [2.24, 2.45) is 0 Å². The van der Waals surface area contributed by atoms with Crippen LogP contribution < -0.4 is 17.5 Å². The van der Waals surface area contributed by atoms with Crippen molar-refractivity contribution in [2.75, 3.05) is 0 Å². The average Bonchev–Trinajstić information content (AvgIpc) is 0.811. The topological polar surface area (TPSA) is 23.1 Å². The van der Waals surface area contributed by atoms with E-state index in [0.717, 1.165) is 0 Å². The van der Waals surface area contributed by atoms with Crippen molar-refractivity contribution in [3.8, 4) is 0 Å². The largest absolute Gasteiger partial charge is 2.00 e. The fraction of sp³-hybridized carbons (Fsp3) is 1.00. The minimum atomic E-state index is -0.417. The molecule has 0 aliphatic heterocycles. The zero-order chi connectivity index (χ0) is 3.58. The smallest absolute Gasteiger partial charge is 1.00 e. The molecule has 0 aromatic heterocycles. The van der Waals surface area contributed by atoms with Gasteiger partial charge in [-0.05, 0) is 0 Å². The first-order valence-electron chi connectivity index (χ1n) is 1.39. The van der Waals surface area contributed by atoms with Gasteiger partial charge in [-0.3, -0.25) is 0 Å². The summed E-state index contributed by atoms with van der Waals surface area (Å²) in [6.07, 6.45) is -0.417. The van der Waals surface area contributed by atoms with E-state index < -0.39 is 6.10 Å². The predicted octanol–water partition coefficient (Wildman–Crippen LogP) is -3.24. The SMILES string of the molecule is CC(C)[O-].[Cl-].[Mo+2]. The molecular weight excluding hydrogens is 183 g/mol. The van der Waals surface area contributed by atoms with Gasteiger partial charge in [-0.25, -0.2) is 0 Å². The van der Waals surface area contributed by atoms with E-state index >= 15 is 0 Å². The van der Waals surface area contributed by atoms with Crippen LogP contribution in [0.5, 0.6) is 0 Å². The zero-order valence-corrected chi connectivity index (χ0v) is 6.53. The molecule has 0 aromatic rings. The van der Waals surface area contributed by atoms with Crippen molar-refractivity contribution in [1.82, 2.24) is 0 Å². The number of hydrogen-bond donors (Lipinski definition) is 0. The third-order valence-corrected chi connectivity index (χ3v) is 0. The third kappa shape index (κ3) is 87.0. The minimum Gasteiger partial charge on any atom is -1.00 e. The Morgan fingerprint density at radius 2 is 1.33 bits per heavy atom. The first kappa shape index (κ1) is 15.8. The molecular formula is C3H7ClMoO. The van der Waals surface area contributed by atoms with Crippen LogP contribution in [0.15, 0.2) is 0 Å². The second-order valence-corrected chi connectivity index (χ2v) is 1.05. The van der Waals surface area contributed by atoms with Crippen LogP contribution in [-0.2, 0) is 21.1 Å². The summed E-state index contributed by atoms with van der Waals surface area (Å²) in [5, 5.41) is 9.53. The molecule has 38 valence electrons. The Hall–Kier alpha value is 0.938. The van der Waals surface area contributed by atoms with Crippen molar-refractivity contribution >= 4 is 0 Å². The molecule has 0 aromatic carbocycles. The fourth-order valence-electron chi connectivity index (χ4n) is 0. The van der Waals surface area contributed by atoms with E-state index in [9.17, 15) is 5.11 Å². The van der Waals surface area contributed by atoms with Gasteiger partial charge in [0.2, 0.25) is 0 Å². The number of hydrogen-bond acceptors (Lipinski definition) is 1. The van der Waals surface area contributed by atoms with Crippen LogP contribution >= 0.6 is 0 Å². The summed E-state index contributed by atoms with van der Waals surface area (Å²) in [5.74, 6) is 0. The average molecular weight is 190 g/mol. The summed E-state index contributed by atoms with van der Waals surface area (Å²) >= 11 is 0. The standard InChI is InChI=1S/C3H7O.ClH.Mo/c1-3(2)4;;/h3H,1-2H3;1H;/q-1;;+2/p-1. The molecule has 0 fully saturated rings. The van der Waals surface area contributed by atoms with Crippen LogP contribution in [0.2, 0.25) is 0 Å². The van der Waals surface area contributed by atoms with Gasteiger partial charge in [-0.1, -0.05) is 13.8 Å². The predicted molar refractivity (Wildman–Crippen MR) is 15.1 cm³/mol. The van der Waals surface area contributed by atoms with E-state index in [1.54, 1.807) is 13.8 Å². The Balaban J connectivity index is -0.0000000450. The van der Waals surface area contributed by atoms with Crippen molar-refractivity contribution in [3.05, 3.63) is 0 Å². The van der Waals surface area contributed by atoms with Crippen LogP contribution in [-0.4, -0.2) is 6.10 Å². The molecule has 6 heavy (non-hydrogen) atoms. The van der Waals surface area contributed by atoms with E-state index in [1.807, 2.05) is 0 Å². The second-order valence-electron chi connectivity index (χ2n) is 1.05. The normalized spacial score (nSPS) is 6.00. The fourth-order valence-corrected chi connectivity index (χ4v) is 0. The van der Waals surface area contributed by atoms with Crippen LogP contribution in [0.25, 0.3) is 0 Å². The van der Waals surface area contributed by atoms with Crippen molar-refractivity contribution < 1.29 is 38.6 Å². The Labute approximate surface area is 58.8 Å². The first-order chi connectivity index (χ1) is 1.73. The van der Waals surface area contributed by atoms with Gasteiger partial charge in [0.1, 0.15) is 0 Å². The molecule has 3 heteroatoms. The number of halogens is 1. The molecule has 0 saturated heterocycles. The van der Waals surface area contributed by atoms with Crippen LogP contribution in [0.1, 0.15) is 13.8 Å². The molecule has 0 heterocycles. The molecule has 0 unspecified atom stereocenters. The van der Waals surface area contributed by atoms with Crippen LogP contribution in [0.4, 0.5) is 0 Å². The van der Waals surface area contributed by atoms with Gasteiger partial charge in [0, 0.05) is 0 Å². The van der Waals surface area contributed by atoms with E-state index in [-0.39, 0.29) is 33.5 Å². The Kier molecular flexibility index (Phi) is 24.5. The molecule has 0 spiro atoms. The molecule has 0 N–H and O–H groups in total. The van der Waals surface area contributed by atoms with Gasteiger partial charge in [-0.2, -0.15) is 0 Å². The summed E-state index contributed by atoms with van der Waals surface area (Å²) < 4.78 is 0. The van der Waals surface area contributed by atoms with Crippen molar-refractivity contribution in [2.45, 2.75) is 20.0 Å². The Morgan fingerprint density at radius 3 is 1.33 bits per heavy atom. The summed E-state index contributed by atoms with van der Waals surface area (Å²) in [6, 6.07) is 0. The molecule has 0 aliphatic carbocycles. The quantitative estimate of drug-likeness (QED) is 0.368. The first-order valence-corrected chi connectivity index (χ1v) is 1.39. The van der Waals surface area contributed by atoms with E-state index in [4.69, 9.17) is 0 Å². The van der Waals surface area contributed by atoms with Gasteiger partial charge >= 0.3 is 21.1 Å². The Bertz CT molecular complexity index is 15.5. The van der Waals surface area contributed by atoms with Gasteiger partial charge in [0.25, 0.3) is 0 Å². The monoisotopic (exact) mass is 192 g/mol. The maximum absolute atomic E-state index is 9.53. The zero-order valence-electron chi connectivity index (χ0n) is 3.77. The van der Waals surface area contributed by atoms with Crippen molar-refractivity contribution in [1.29, 1.82) is 0 Å². The van der Waals surface area contributed by atoms with Gasteiger partial charge in [-0.15, -0.1) is 6.10 Å². The van der Waals surface area contributed by atoms with Gasteiger partial charge in [0.05, 0.1) is 0 Å². The number of rotatable bonds is 0. The molecule has 1 nitrogen and oxygen atoms in total. The van der Waals surface area contributed by atoms with Crippen molar-refractivity contribution in [3.63, 3.8) is 0 Å². The molecule has 0 rings (SSSR count). The molecule has 0 bridgehead atoms. The van der Waals surface area contributed by atoms with E-state index in [1.165, 1.54) is 0 Å². The molecule has 0 saturated carbocycles. The summed E-state index contributed by atoms with van der Waals surface area (Å²) in [6.45, 7) is 3.22. The summed E-state index contributed by atoms with van der Waals surface area (Å²) in [4.78, 5) is 0. The second kappa shape index (κ2) is 9.34. The van der Waals surface area contributed by atoms with E-state index in [2.05, 4.69) is 0 Å². The summed E-state index contributed by atoms with van der Waals surface area (Å²) in [5.41, 5.74) is 0. The molecule has 0 aliphatic rings. The molecule has 0 radical (unpaired) electrons. The maximum Gasteiger partial charge on any atom is 2.00 e. The van der Waals surface area contributed by atoms with Crippen LogP contribution in [0.3, 0.4) is 0 Å². The summed E-state index contributed by atoms with van der Waals surface area (Å²) in [7, 11) is 0. The van der Waals surface area contributed by atoms with Gasteiger partial charge in [0.15, 0.2) is 0 Å². The molecule has 0 amide bonds. The molecule has 0 atom stereocenters. The van der Waals surface area contributed by atoms with Crippen LogP contribution in [0, 0.1) is 0 Å². The minimum absolute atomic E-state index is 0. The van der Waals surface area contributed by atoms with E-state index in [0.29, 0.717) is 0 Å². The Morgan fingerprint density at radius 1 is 1.33 bits per heavy atom. The third-order valence-electron chi connectivity index (χ3n) is 0. The van der Waals surface area contributed by atoms with Gasteiger partial charge < -0.3 is 17.5 Å².